The summed E-state index contributed by atoms with van der Waals surface area (Å²) in [5.41, 5.74) is 1.71. The van der Waals surface area contributed by atoms with Gasteiger partial charge in [-0.1, -0.05) is 81.4 Å². The number of carbonyl (C=O) groups is 2. The van der Waals surface area contributed by atoms with Crippen molar-refractivity contribution >= 4 is 12.0 Å². The third-order valence-electron chi connectivity index (χ3n) is 6.99. The van der Waals surface area contributed by atoms with Crippen LogP contribution in [-0.2, 0) is 22.6 Å². The highest BCUT2D eigenvalue weighted by Gasteiger charge is 2.51. The van der Waals surface area contributed by atoms with E-state index < -0.39 is 18.2 Å². The van der Waals surface area contributed by atoms with Crippen LogP contribution in [0.5, 0.6) is 0 Å². The molecule has 1 aliphatic rings. The van der Waals surface area contributed by atoms with Gasteiger partial charge in [0, 0.05) is 11.8 Å². The standard InChI is InChI=1S/C28H38N2O4/c1-28(2,3)24-17-11-12-18-30(24,4)26(32)25(31)23(19-21-13-7-5-8-14-21)29-27(33)34-20-22-15-9-6-10-16-22/h5-10,13-16,23-25,31H,11-12,17-20H2,1-4H3/p+1/t23-,24?,25-,30?/m0/s1. The van der Waals surface area contributed by atoms with Crippen LogP contribution in [-0.4, -0.2) is 53.4 Å². The van der Waals surface area contributed by atoms with Crippen molar-refractivity contribution < 1.29 is 23.9 Å². The molecule has 1 heterocycles. The predicted octanol–water partition coefficient (Wildman–Crippen LogP) is 4.46. The highest BCUT2D eigenvalue weighted by Crippen LogP contribution is 2.37. The largest absolute Gasteiger partial charge is 0.445 e. The van der Waals surface area contributed by atoms with Crippen LogP contribution in [0.3, 0.4) is 0 Å². The second-order valence-corrected chi connectivity index (χ2v) is 10.7. The van der Waals surface area contributed by atoms with Gasteiger partial charge < -0.3 is 15.2 Å². The lowest BCUT2D eigenvalue weighted by Gasteiger charge is -2.49. The molecule has 0 radical (unpaired) electrons. The van der Waals surface area contributed by atoms with Gasteiger partial charge >= 0.3 is 12.0 Å². The minimum atomic E-state index is -1.35. The SMILES string of the molecule is CC(C)(C)C1CCCC[N+]1(C)C(=O)[C@@H](O)[C@H](Cc1ccccc1)NC(=O)OCc1ccccc1. The molecular formula is C28H39N2O4+. The van der Waals surface area contributed by atoms with Gasteiger partial charge in [-0.3, -0.25) is 4.48 Å². The van der Waals surface area contributed by atoms with Crippen molar-refractivity contribution in [3.05, 3.63) is 71.8 Å². The van der Waals surface area contributed by atoms with E-state index in [2.05, 4.69) is 26.1 Å². The smallest absolute Gasteiger partial charge is 0.407 e. The van der Waals surface area contributed by atoms with Gasteiger partial charge in [0.1, 0.15) is 12.6 Å². The first kappa shape index (κ1) is 25.9. The summed E-state index contributed by atoms with van der Waals surface area (Å²) in [4.78, 5) is 26.5. The Balaban J connectivity index is 1.78. The van der Waals surface area contributed by atoms with Crippen molar-refractivity contribution in [2.75, 3.05) is 13.6 Å². The van der Waals surface area contributed by atoms with E-state index in [1.165, 1.54) is 0 Å². The van der Waals surface area contributed by atoms with Gasteiger partial charge in [0.15, 0.2) is 6.10 Å². The Hall–Kier alpha value is -2.70. The van der Waals surface area contributed by atoms with E-state index in [9.17, 15) is 14.7 Å². The highest BCUT2D eigenvalue weighted by molar-refractivity contribution is 5.77. The topological polar surface area (TPSA) is 75.6 Å². The third kappa shape index (κ3) is 6.45. The summed E-state index contributed by atoms with van der Waals surface area (Å²) in [6, 6.07) is 18.3. The Morgan fingerprint density at radius 2 is 1.62 bits per heavy atom. The lowest BCUT2D eigenvalue weighted by molar-refractivity contribution is -0.875. The number of nitrogens with zero attached hydrogens (tertiary/aromatic N) is 1. The van der Waals surface area contributed by atoms with Crippen LogP contribution in [0.1, 0.15) is 51.2 Å². The van der Waals surface area contributed by atoms with Crippen LogP contribution in [0.2, 0.25) is 0 Å². The molecule has 0 bridgehead atoms. The molecule has 1 fully saturated rings. The van der Waals surface area contributed by atoms with Gasteiger partial charge in [-0.05, 0) is 30.4 Å². The molecule has 2 aromatic carbocycles. The number of quaternary nitrogens is 1. The van der Waals surface area contributed by atoms with E-state index in [1.54, 1.807) is 0 Å². The highest BCUT2D eigenvalue weighted by atomic mass is 16.5. The number of nitrogens with one attached hydrogen (secondary N) is 1. The zero-order valence-corrected chi connectivity index (χ0v) is 20.9. The van der Waals surface area contributed by atoms with Crippen molar-refractivity contribution in [3.63, 3.8) is 0 Å². The number of likely N-dealkylation sites (tertiary alicyclic amines) is 1. The van der Waals surface area contributed by atoms with Gasteiger partial charge in [0.2, 0.25) is 0 Å². The van der Waals surface area contributed by atoms with E-state index in [4.69, 9.17) is 4.74 Å². The lowest BCUT2D eigenvalue weighted by Crippen LogP contribution is -2.67. The molecule has 1 saturated heterocycles. The van der Waals surface area contributed by atoms with E-state index in [0.717, 1.165) is 30.4 Å². The Bertz CT molecular complexity index is 942. The number of amides is 2. The first-order valence-electron chi connectivity index (χ1n) is 12.2. The fourth-order valence-electron chi connectivity index (χ4n) is 5.27. The monoisotopic (exact) mass is 467 g/mol. The number of aliphatic hydroxyl groups excluding tert-OH is 1. The van der Waals surface area contributed by atoms with Crippen molar-refractivity contribution in [1.29, 1.82) is 0 Å². The fourth-order valence-corrected chi connectivity index (χ4v) is 5.27. The second kappa shape index (κ2) is 11.2. The van der Waals surface area contributed by atoms with E-state index >= 15 is 0 Å². The maximum atomic E-state index is 13.8. The molecular weight excluding hydrogens is 428 g/mol. The molecule has 3 rings (SSSR count). The van der Waals surface area contributed by atoms with Crippen LogP contribution in [0.4, 0.5) is 4.79 Å². The van der Waals surface area contributed by atoms with E-state index in [-0.39, 0.29) is 28.5 Å². The van der Waals surface area contributed by atoms with Gasteiger partial charge in [-0.15, -0.1) is 0 Å². The van der Waals surface area contributed by atoms with Gasteiger partial charge in [0.05, 0.1) is 19.6 Å². The average Bonchev–Trinajstić information content (AvgIpc) is 2.82. The van der Waals surface area contributed by atoms with Crippen molar-refractivity contribution in [2.24, 2.45) is 5.41 Å². The molecule has 2 N–H and O–H groups in total. The Morgan fingerprint density at radius 1 is 1.03 bits per heavy atom. The number of aliphatic hydroxyl groups is 1. The van der Waals surface area contributed by atoms with Crippen LogP contribution in [0.15, 0.2) is 60.7 Å². The summed E-state index contributed by atoms with van der Waals surface area (Å²) < 4.78 is 5.57. The molecule has 0 spiro atoms. The molecule has 6 heteroatoms. The summed E-state index contributed by atoms with van der Waals surface area (Å²) in [7, 11) is 1.94. The number of alkyl carbamates (subject to hydrolysis) is 1. The molecule has 1 aliphatic heterocycles. The normalized spacial score (nSPS) is 22.4. The second-order valence-electron chi connectivity index (χ2n) is 10.7. The zero-order chi connectivity index (χ0) is 24.8. The maximum Gasteiger partial charge on any atom is 0.407 e. The van der Waals surface area contributed by atoms with Gasteiger partial charge in [-0.25, -0.2) is 9.59 Å². The van der Waals surface area contributed by atoms with Crippen LogP contribution >= 0.6 is 0 Å². The minimum absolute atomic E-state index is 0.0818. The molecule has 34 heavy (non-hydrogen) atoms. The molecule has 0 aromatic heterocycles. The molecule has 0 aliphatic carbocycles. The van der Waals surface area contributed by atoms with Crippen molar-refractivity contribution in [2.45, 2.75) is 71.2 Å². The maximum absolute atomic E-state index is 13.8. The summed E-state index contributed by atoms with van der Waals surface area (Å²) in [5, 5.41) is 14.1. The number of hydrogen-bond acceptors (Lipinski definition) is 4. The zero-order valence-electron chi connectivity index (χ0n) is 20.9. The molecule has 2 aromatic rings. The molecule has 4 atom stereocenters. The quantitative estimate of drug-likeness (QED) is 0.590. The number of rotatable bonds is 7. The first-order chi connectivity index (χ1) is 16.1. The summed E-state index contributed by atoms with van der Waals surface area (Å²) in [5.74, 6) is -0.246. The van der Waals surface area contributed by atoms with Crippen LogP contribution in [0, 0.1) is 5.41 Å². The Kier molecular flexibility index (Phi) is 8.50. The van der Waals surface area contributed by atoms with Gasteiger partial charge in [0.25, 0.3) is 0 Å². The summed E-state index contributed by atoms with van der Waals surface area (Å²) in [6.07, 6.45) is 1.29. The van der Waals surface area contributed by atoms with Crippen molar-refractivity contribution in [3.8, 4) is 0 Å². The van der Waals surface area contributed by atoms with Crippen molar-refractivity contribution in [1.82, 2.24) is 5.32 Å². The summed E-state index contributed by atoms with van der Waals surface area (Å²) >= 11 is 0. The number of piperidine rings is 1. The number of hydrogen-bond donors (Lipinski definition) is 2. The number of likely N-dealkylation sites (N-methyl/N-ethyl adjacent to an activating group) is 1. The van der Waals surface area contributed by atoms with E-state index in [1.807, 2.05) is 67.7 Å². The Morgan fingerprint density at radius 3 is 2.21 bits per heavy atom. The molecule has 2 amide bonds. The van der Waals surface area contributed by atoms with Crippen LogP contribution in [0.25, 0.3) is 0 Å². The lowest BCUT2D eigenvalue weighted by atomic mass is 9.78. The fraction of sp³-hybridized carbons (Fsp3) is 0.500. The third-order valence-corrected chi connectivity index (χ3v) is 6.99. The molecule has 0 saturated carbocycles. The van der Waals surface area contributed by atoms with E-state index in [0.29, 0.717) is 13.0 Å². The Labute approximate surface area is 203 Å². The van der Waals surface area contributed by atoms with Crippen LogP contribution < -0.4 is 5.32 Å². The molecule has 6 nitrogen and oxygen atoms in total. The number of carbonyl (C=O) groups excluding carboxylic acids is 2. The minimum Gasteiger partial charge on any atom is -0.445 e. The predicted molar refractivity (Wildman–Crippen MR) is 133 cm³/mol. The molecule has 184 valence electrons. The number of ether oxygens (including phenoxy) is 1. The van der Waals surface area contributed by atoms with Gasteiger partial charge in [-0.2, -0.15) is 0 Å². The summed E-state index contributed by atoms with van der Waals surface area (Å²) in [6.45, 7) is 7.27. The average molecular weight is 468 g/mol. The molecule has 2 unspecified atom stereocenters. The first-order valence-corrected chi connectivity index (χ1v) is 12.2. The number of benzene rings is 2.